The molecule has 9 nitrogen and oxygen atoms in total. The summed E-state index contributed by atoms with van der Waals surface area (Å²) in [5.74, 6) is -0.0933. The van der Waals surface area contributed by atoms with Crippen molar-refractivity contribution in [2.75, 3.05) is 27.9 Å². The van der Waals surface area contributed by atoms with Crippen LogP contribution in [0.4, 0.5) is 4.39 Å². The molecule has 3 aromatic carbocycles. The first kappa shape index (κ1) is 27.6. The third kappa shape index (κ3) is 6.83. The lowest BCUT2D eigenvalue weighted by atomic mass is 10.2. The molecule has 0 atom stereocenters. The zero-order chi connectivity index (χ0) is 27.0. The number of hydrazone groups is 1. The Kier molecular flexibility index (Phi) is 9.20. The number of rotatable bonds is 11. The number of nitrogens with one attached hydrogen (secondary N) is 1. The van der Waals surface area contributed by atoms with Gasteiger partial charge in [-0.2, -0.15) is 9.41 Å². The molecule has 196 valence electrons. The van der Waals surface area contributed by atoms with Gasteiger partial charge in [-0.1, -0.05) is 35.9 Å². The number of methoxy groups -OCH3 is 3. The molecule has 0 saturated carbocycles. The predicted molar refractivity (Wildman–Crippen MR) is 137 cm³/mol. The number of halogens is 1. The van der Waals surface area contributed by atoms with Gasteiger partial charge in [0.05, 0.1) is 39.0 Å². The Morgan fingerprint density at radius 2 is 1.62 bits per heavy atom. The quantitative estimate of drug-likeness (QED) is 0.301. The van der Waals surface area contributed by atoms with Crippen LogP contribution in [0, 0.1) is 12.7 Å². The minimum absolute atomic E-state index is 0.0110. The summed E-state index contributed by atoms with van der Waals surface area (Å²) in [5, 5.41) is 3.92. The smallest absolute Gasteiger partial charge is 0.255 e. The van der Waals surface area contributed by atoms with Crippen molar-refractivity contribution in [1.82, 2.24) is 9.73 Å². The van der Waals surface area contributed by atoms with Gasteiger partial charge in [-0.25, -0.2) is 18.2 Å². The molecule has 11 heteroatoms. The lowest BCUT2D eigenvalue weighted by molar-refractivity contribution is -0.121. The summed E-state index contributed by atoms with van der Waals surface area (Å²) in [4.78, 5) is 12.7. The Morgan fingerprint density at radius 1 is 1.00 bits per heavy atom. The largest absolute Gasteiger partial charge is 0.493 e. The standard InChI is InChI=1S/C26H28FN3O6S/c1-18-9-11-21(12-10-18)37(32,33)30(16-20-7-5-6-8-22(20)27)17-25(31)29-28-15-19-13-23(34-2)26(36-4)24(14-19)35-3/h5-15H,16-17H2,1-4H3,(H,29,31)/b28-15-. The van der Waals surface area contributed by atoms with Crippen molar-refractivity contribution >= 4 is 22.1 Å². The first-order valence-electron chi connectivity index (χ1n) is 11.1. The van der Waals surface area contributed by atoms with Gasteiger partial charge >= 0.3 is 0 Å². The number of sulfonamides is 1. The average molecular weight is 530 g/mol. The molecule has 0 radical (unpaired) electrons. The van der Waals surface area contributed by atoms with E-state index in [1.54, 1.807) is 30.3 Å². The van der Waals surface area contributed by atoms with E-state index >= 15 is 0 Å². The summed E-state index contributed by atoms with van der Waals surface area (Å²) in [6, 6.07) is 15.2. The minimum atomic E-state index is -4.12. The highest BCUT2D eigenvalue weighted by Gasteiger charge is 2.27. The molecule has 0 fully saturated rings. The number of benzene rings is 3. The first-order valence-corrected chi connectivity index (χ1v) is 12.6. The van der Waals surface area contributed by atoms with Gasteiger partial charge in [0.25, 0.3) is 5.91 Å². The van der Waals surface area contributed by atoms with Gasteiger partial charge in [0, 0.05) is 17.7 Å². The molecule has 0 heterocycles. The van der Waals surface area contributed by atoms with Crippen LogP contribution < -0.4 is 19.6 Å². The van der Waals surface area contributed by atoms with E-state index in [1.165, 1.54) is 57.9 Å². The van der Waals surface area contributed by atoms with E-state index in [4.69, 9.17) is 14.2 Å². The fourth-order valence-electron chi connectivity index (χ4n) is 3.45. The highest BCUT2D eigenvalue weighted by atomic mass is 32.2. The molecule has 3 rings (SSSR count). The third-order valence-electron chi connectivity index (χ3n) is 5.37. The SMILES string of the molecule is COc1cc(/C=N\NC(=O)CN(Cc2ccccc2F)S(=O)(=O)c2ccc(C)cc2)cc(OC)c1OC. The molecule has 0 saturated heterocycles. The molecule has 0 aromatic heterocycles. The van der Waals surface area contributed by atoms with E-state index in [0.717, 1.165) is 9.87 Å². The van der Waals surface area contributed by atoms with Crippen molar-refractivity contribution in [2.45, 2.75) is 18.4 Å². The van der Waals surface area contributed by atoms with E-state index in [9.17, 15) is 17.6 Å². The van der Waals surface area contributed by atoms with Gasteiger partial charge in [0.1, 0.15) is 5.82 Å². The highest BCUT2D eigenvalue weighted by Crippen LogP contribution is 2.37. The Labute approximate surface area is 215 Å². The van der Waals surface area contributed by atoms with Crippen LogP contribution in [0.3, 0.4) is 0 Å². The second-order valence-corrected chi connectivity index (χ2v) is 9.87. The van der Waals surface area contributed by atoms with Crippen molar-refractivity contribution in [3.8, 4) is 17.2 Å². The van der Waals surface area contributed by atoms with Crippen molar-refractivity contribution in [1.29, 1.82) is 0 Å². The minimum Gasteiger partial charge on any atom is -0.493 e. The fraction of sp³-hybridized carbons (Fsp3) is 0.231. The first-order chi connectivity index (χ1) is 17.7. The lowest BCUT2D eigenvalue weighted by Gasteiger charge is -2.22. The zero-order valence-electron chi connectivity index (χ0n) is 20.9. The van der Waals surface area contributed by atoms with E-state index in [0.29, 0.717) is 22.8 Å². The summed E-state index contributed by atoms with van der Waals surface area (Å²) < 4.78 is 57.8. The molecule has 37 heavy (non-hydrogen) atoms. The van der Waals surface area contributed by atoms with Crippen molar-refractivity contribution in [2.24, 2.45) is 5.10 Å². The number of carbonyl (C=O) groups excluding carboxylic acids is 1. The van der Waals surface area contributed by atoms with Gasteiger partial charge in [-0.15, -0.1) is 0 Å². The molecule has 0 aliphatic heterocycles. The molecule has 1 N–H and O–H groups in total. The maximum Gasteiger partial charge on any atom is 0.255 e. The van der Waals surface area contributed by atoms with E-state index in [1.807, 2.05) is 6.92 Å². The van der Waals surface area contributed by atoms with Gasteiger partial charge in [-0.3, -0.25) is 4.79 Å². The molecule has 0 unspecified atom stereocenters. The molecule has 3 aromatic rings. The molecule has 0 aliphatic carbocycles. The maximum absolute atomic E-state index is 14.3. The summed E-state index contributed by atoms with van der Waals surface area (Å²) in [7, 11) is 0.296. The van der Waals surface area contributed by atoms with Gasteiger partial charge in [0.15, 0.2) is 11.5 Å². The Balaban J connectivity index is 1.82. The third-order valence-corrected chi connectivity index (χ3v) is 7.18. The molecule has 0 aliphatic rings. The predicted octanol–water partition coefficient (Wildman–Crippen LogP) is 3.50. The number of hydrogen-bond acceptors (Lipinski definition) is 7. The molecular formula is C26H28FN3O6S. The Bertz CT molecular complexity index is 1350. The van der Waals surface area contributed by atoms with Crippen LogP contribution in [-0.4, -0.2) is 52.7 Å². The van der Waals surface area contributed by atoms with Gasteiger partial charge in [-0.05, 0) is 37.3 Å². The number of amides is 1. The maximum atomic E-state index is 14.3. The number of ether oxygens (including phenoxy) is 3. The second kappa shape index (κ2) is 12.3. The van der Waals surface area contributed by atoms with Crippen LogP contribution in [0.2, 0.25) is 0 Å². The van der Waals surface area contributed by atoms with E-state index in [2.05, 4.69) is 10.5 Å². The molecular weight excluding hydrogens is 501 g/mol. The highest BCUT2D eigenvalue weighted by molar-refractivity contribution is 7.89. The molecule has 0 bridgehead atoms. The number of aryl methyl sites for hydroxylation is 1. The van der Waals surface area contributed by atoms with E-state index < -0.39 is 28.3 Å². The topological polar surface area (TPSA) is 107 Å². The normalized spacial score (nSPS) is 11.5. The van der Waals surface area contributed by atoms with Crippen LogP contribution in [0.25, 0.3) is 0 Å². The van der Waals surface area contributed by atoms with Gasteiger partial charge in [0.2, 0.25) is 15.8 Å². The van der Waals surface area contributed by atoms with Crippen LogP contribution >= 0.6 is 0 Å². The summed E-state index contributed by atoms with van der Waals surface area (Å²) >= 11 is 0. The average Bonchev–Trinajstić information content (AvgIpc) is 2.89. The fourth-order valence-corrected chi connectivity index (χ4v) is 4.83. The van der Waals surface area contributed by atoms with Crippen molar-refractivity contribution < 1.29 is 31.8 Å². The zero-order valence-corrected chi connectivity index (χ0v) is 21.7. The number of hydrogen-bond donors (Lipinski definition) is 1. The van der Waals surface area contributed by atoms with E-state index in [-0.39, 0.29) is 17.0 Å². The van der Waals surface area contributed by atoms with Crippen LogP contribution in [-0.2, 0) is 21.4 Å². The second-order valence-electron chi connectivity index (χ2n) is 7.93. The van der Waals surface area contributed by atoms with Crippen molar-refractivity contribution in [3.63, 3.8) is 0 Å². The van der Waals surface area contributed by atoms with Crippen LogP contribution in [0.1, 0.15) is 16.7 Å². The lowest BCUT2D eigenvalue weighted by Crippen LogP contribution is -2.39. The molecule has 1 amide bonds. The molecule has 0 spiro atoms. The Morgan fingerprint density at radius 3 is 2.19 bits per heavy atom. The monoisotopic (exact) mass is 529 g/mol. The summed E-state index contributed by atoms with van der Waals surface area (Å²) in [5.41, 5.74) is 3.85. The van der Waals surface area contributed by atoms with Gasteiger partial charge < -0.3 is 14.2 Å². The summed E-state index contributed by atoms with van der Waals surface area (Å²) in [6.07, 6.45) is 1.35. The Hall–Kier alpha value is -3.96. The van der Waals surface area contributed by atoms with Crippen LogP contribution in [0.15, 0.2) is 70.7 Å². The number of carbonyl (C=O) groups is 1. The van der Waals surface area contributed by atoms with Crippen LogP contribution in [0.5, 0.6) is 17.2 Å². The van der Waals surface area contributed by atoms with Crippen molar-refractivity contribution in [3.05, 3.63) is 83.2 Å². The number of nitrogens with zero attached hydrogens (tertiary/aromatic N) is 2. The summed E-state index contributed by atoms with van der Waals surface area (Å²) in [6.45, 7) is 0.900.